The molecule has 0 rings (SSSR count). The van der Waals surface area contributed by atoms with E-state index < -0.39 is 37.6 Å². The molecule has 0 aromatic rings. The van der Waals surface area contributed by atoms with E-state index in [0.717, 1.165) is 0 Å². The molecule has 0 unspecified atom stereocenters. The van der Waals surface area contributed by atoms with Crippen LogP contribution in [0.25, 0.3) is 0 Å². The summed E-state index contributed by atoms with van der Waals surface area (Å²) in [7, 11) is 0. The van der Waals surface area contributed by atoms with Crippen molar-refractivity contribution in [1.29, 1.82) is 0 Å². The van der Waals surface area contributed by atoms with Gasteiger partial charge in [0.2, 0.25) is 0 Å². The van der Waals surface area contributed by atoms with Gasteiger partial charge in [-0.3, -0.25) is 0 Å². The molecule has 0 fully saturated rings. The Hall–Kier alpha value is -0.240. The molecule has 4 atom stereocenters. The zero-order valence-corrected chi connectivity index (χ0v) is 6.20. The molecule has 0 aliphatic carbocycles. The maximum absolute atomic E-state index is 9.05. The summed E-state index contributed by atoms with van der Waals surface area (Å²) < 4.78 is 13.2. The van der Waals surface area contributed by atoms with Gasteiger partial charge in [0.1, 0.15) is 24.4 Å². The van der Waals surface area contributed by atoms with E-state index in [1.807, 2.05) is 0 Å². The van der Waals surface area contributed by atoms with Gasteiger partial charge < -0.3 is 30.6 Å². The smallest absolute Gasteiger partial charge is 0.111 e. The van der Waals surface area contributed by atoms with Crippen LogP contribution in [0.1, 0.15) is 2.74 Å². The van der Waals surface area contributed by atoms with Gasteiger partial charge in [0, 0.05) is 0 Å². The van der Waals surface area contributed by atoms with Crippen LogP contribution in [0.4, 0.5) is 0 Å². The van der Waals surface area contributed by atoms with Crippen LogP contribution in [0, 0.1) is 0 Å². The predicted molar refractivity (Wildman–Crippen MR) is 38.2 cm³/mol. The highest BCUT2D eigenvalue weighted by atomic mass is 16.4. The third-order valence-corrected chi connectivity index (χ3v) is 1.39. The molecule has 0 saturated carbocycles. The summed E-state index contributed by atoms with van der Waals surface area (Å²) in [6.45, 7) is -3.96. The number of hydrogen-bond acceptors (Lipinski definition) is 6. The van der Waals surface area contributed by atoms with E-state index in [1.165, 1.54) is 0 Å². The zero-order chi connectivity index (χ0) is 11.5. The number of aliphatic hydroxyl groups excluding tert-OH is 5. The molecule has 0 bridgehead atoms. The van der Waals surface area contributed by atoms with Crippen molar-refractivity contribution >= 4 is 0 Å². The standard InChI is InChI=1S/C6H14O6/c7-1-3(9)5(11)6(12)4(10)2-8/h3-12H,1-2H2/t3-,4+,5-,6-/m1/s1/i1D2. The highest BCUT2D eigenvalue weighted by Crippen LogP contribution is 2.03. The van der Waals surface area contributed by atoms with Crippen LogP contribution in [-0.2, 0) is 0 Å². The van der Waals surface area contributed by atoms with E-state index in [4.69, 9.17) is 33.4 Å². The first kappa shape index (κ1) is 8.36. The first-order valence-electron chi connectivity index (χ1n) is 4.27. The Balaban J connectivity index is 4.38. The van der Waals surface area contributed by atoms with E-state index in [9.17, 15) is 0 Å². The lowest BCUT2D eigenvalue weighted by Gasteiger charge is -2.24. The Bertz CT molecular complexity index is 172. The highest BCUT2D eigenvalue weighted by molar-refractivity contribution is 4.79. The van der Waals surface area contributed by atoms with Crippen molar-refractivity contribution in [1.82, 2.24) is 0 Å². The average molecular weight is 184 g/mol. The van der Waals surface area contributed by atoms with E-state index in [1.54, 1.807) is 0 Å². The minimum absolute atomic E-state index is 0.862. The molecule has 0 spiro atoms. The first-order chi connectivity index (χ1) is 6.21. The topological polar surface area (TPSA) is 121 Å². The van der Waals surface area contributed by atoms with Crippen molar-refractivity contribution in [3.63, 3.8) is 0 Å². The lowest BCUT2D eigenvalue weighted by atomic mass is 10.0. The molecule has 0 aliphatic rings. The molecule has 6 heteroatoms. The Morgan fingerprint density at radius 2 is 1.33 bits per heavy atom. The van der Waals surface area contributed by atoms with Crippen LogP contribution >= 0.6 is 0 Å². The summed E-state index contributed by atoms with van der Waals surface area (Å²) in [5.74, 6) is 0. The maximum atomic E-state index is 9.05. The van der Waals surface area contributed by atoms with Crippen LogP contribution in [0.3, 0.4) is 0 Å². The molecule has 0 radical (unpaired) electrons. The van der Waals surface area contributed by atoms with Crippen LogP contribution in [-0.4, -0.2) is 68.2 Å². The SMILES string of the molecule is [2H]C([2H])(O)[C@@H](O)[C@@H](O)[C@H](O)[C@@H](O)CO. The molecule has 12 heavy (non-hydrogen) atoms. The van der Waals surface area contributed by atoms with E-state index in [0.29, 0.717) is 0 Å². The summed E-state index contributed by atoms with van der Waals surface area (Å²) in [5, 5.41) is 52.9. The number of aliphatic hydroxyl groups is 6. The van der Waals surface area contributed by atoms with Crippen molar-refractivity contribution in [3.05, 3.63) is 0 Å². The van der Waals surface area contributed by atoms with Crippen LogP contribution < -0.4 is 0 Å². The zero-order valence-electron chi connectivity index (χ0n) is 8.20. The average Bonchev–Trinajstić information content (AvgIpc) is 2.11. The van der Waals surface area contributed by atoms with Crippen LogP contribution in [0.15, 0.2) is 0 Å². The van der Waals surface area contributed by atoms with Gasteiger partial charge in [-0.1, -0.05) is 0 Å². The second-order valence-electron chi connectivity index (χ2n) is 2.31. The lowest BCUT2D eigenvalue weighted by molar-refractivity contribution is -0.123. The van der Waals surface area contributed by atoms with Gasteiger partial charge in [-0.15, -0.1) is 0 Å². The quantitative estimate of drug-likeness (QED) is 0.263. The van der Waals surface area contributed by atoms with E-state index in [2.05, 4.69) is 0 Å². The van der Waals surface area contributed by atoms with Gasteiger partial charge in [-0.25, -0.2) is 0 Å². The number of hydrogen-bond donors (Lipinski definition) is 6. The number of rotatable bonds is 5. The lowest BCUT2D eigenvalue weighted by Crippen LogP contribution is -2.46. The van der Waals surface area contributed by atoms with Gasteiger partial charge in [0.25, 0.3) is 0 Å². The second kappa shape index (κ2) is 5.41. The molecule has 0 amide bonds. The fourth-order valence-electron chi connectivity index (χ4n) is 0.599. The maximum Gasteiger partial charge on any atom is 0.111 e. The molecule has 0 heterocycles. The van der Waals surface area contributed by atoms with Gasteiger partial charge >= 0.3 is 0 Å². The first-order valence-corrected chi connectivity index (χ1v) is 3.27. The normalized spacial score (nSPS) is 25.2. The minimum atomic E-state index is -3.10. The third-order valence-electron chi connectivity index (χ3n) is 1.39. The van der Waals surface area contributed by atoms with Gasteiger partial charge in [0.15, 0.2) is 0 Å². The molecule has 74 valence electrons. The summed E-state index contributed by atoms with van der Waals surface area (Å²) in [6, 6.07) is 0. The fraction of sp³-hybridized carbons (Fsp3) is 1.00. The Kier molecular flexibility index (Phi) is 3.77. The predicted octanol–water partition coefficient (Wildman–Crippen LogP) is -3.59. The minimum Gasteiger partial charge on any atom is -0.394 e. The molecule has 0 aromatic heterocycles. The molecule has 0 aliphatic heterocycles. The largest absolute Gasteiger partial charge is 0.394 e. The van der Waals surface area contributed by atoms with Crippen LogP contribution in [0.2, 0.25) is 0 Å². The van der Waals surface area contributed by atoms with Crippen LogP contribution in [0.5, 0.6) is 0 Å². The third kappa shape index (κ3) is 3.02. The monoisotopic (exact) mass is 184 g/mol. The Labute approximate surface area is 72.1 Å². The van der Waals surface area contributed by atoms with Crippen molar-refractivity contribution in [2.75, 3.05) is 13.2 Å². The van der Waals surface area contributed by atoms with Gasteiger partial charge in [0.05, 0.1) is 15.9 Å². The Morgan fingerprint density at radius 3 is 1.67 bits per heavy atom. The van der Waals surface area contributed by atoms with Gasteiger partial charge in [-0.05, 0) is 0 Å². The van der Waals surface area contributed by atoms with Crippen molar-refractivity contribution < 1.29 is 33.4 Å². The molecule has 0 saturated heterocycles. The Morgan fingerprint density at radius 1 is 0.917 bits per heavy atom. The molecule has 6 N–H and O–H groups in total. The van der Waals surface area contributed by atoms with Crippen molar-refractivity contribution in [2.24, 2.45) is 0 Å². The second-order valence-corrected chi connectivity index (χ2v) is 2.31. The molecular weight excluding hydrogens is 168 g/mol. The summed E-state index contributed by atoms with van der Waals surface area (Å²) in [5.41, 5.74) is 0. The van der Waals surface area contributed by atoms with Crippen molar-refractivity contribution in [2.45, 2.75) is 24.4 Å². The summed E-state index contributed by atoms with van der Waals surface area (Å²) in [4.78, 5) is 0. The summed E-state index contributed by atoms with van der Waals surface area (Å²) in [6.07, 6.45) is -8.05. The fourth-order valence-corrected chi connectivity index (χ4v) is 0.599. The summed E-state index contributed by atoms with van der Waals surface area (Å²) >= 11 is 0. The molecule has 0 aromatic carbocycles. The molecule has 6 nitrogen and oxygen atoms in total. The van der Waals surface area contributed by atoms with Crippen molar-refractivity contribution in [3.8, 4) is 0 Å². The van der Waals surface area contributed by atoms with Gasteiger partial charge in [-0.2, -0.15) is 0 Å². The highest BCUT2D eigenvalue weighted by Gasteiger charge is 2.29. The van der Waals surface area contributed by atoms with E-state index >= 15 is 0 Å². The van der Waals surface area contributed by atoms with E-state index in [-0.39, 0.29) is 0 Å². The molecular formula is C6H14O6.